The van der Waals surface area contributed by atoms with Gasteiger partial charge in [-0.15, -0.1) is 0 Å². The molecular formula is C20H19NO3S. The number of hydrogen-bond donors (Lipinski definition) is 1. The van der Waals surface area contributed by atoms with E-state index in [0.717, 1.165) is 17.2 Å². The molecule has 0 bridgehead atoms. The molecule has 0 aliphatic rings. The van der Waals surface area contributed by atoms with Crippen molar-refractivity contribution in [2.24, 2.45) is 0 Å². The zero-order valence-corrected chi connectivity index (χ0v) is 14.9. The summed E-state index contributed by atoms with van der Waals surface area (Å²) in [6, 6.07) is 18.8. The standard InChI is InChI=1S/C20H19NO3S/c1-21(25(2,23)24)19-14-16-10-6-7-11-17(16)20(22)18(19)13-12-15-8-4-3-5-9-15/h3-14,22H,1-2H3/b13-12+. The van der Waals surface area contributed by atoms with Gasteiger partial charge in [-0.05, 0) is 23.1 Å². The van der Waals surface area contributed by atoms with E-state index in [1.54, 1.807) is 12.1 Å². The van der Waals surface area contributed by atoms with Gasteiger partial charge in [0.15, 0.2) is 0 Å². The van der Waals surface area contributed by atoms with E-state index < -0.39 is 10.0 Å². The number of phenolic OH excluding ortho intramolecular Hbond substituents is 1. The zero-order valence-electron chi connectivity index (χ0n) is 14.0. The first kappa shape index (κ1) is 17.0. The molecule has 128 valence electrons. The zero-order chi connectivity index (χ0) is 18.0. The molecule has 25 heavy (non-hydrogen) atoms. The van der Waals surface area contributed by atoms with Crippen LogP contribution < -0.4 is 4.31 Å². The van der Waals surface area contributed by atoms with Crippen LogP contribution >= 0.6 is 0 Å². The largest absolute Gasteiger partial charge is 0.507 e. The third-order valence-corrected chi connectivity index (χ3v) is 5.31. The Labute approximate surface area is 147 Å². The second-order valence-electron chi connectivity index (χ2n) is 5.85. The number of benzene rings is 3. The van der Waals surface area contributed by atoms with Crippen LogP contribution in [0, 0.1) is 0 Å². The Balaban J connectivity index is 2.23. The highest BCUT2D eigenvalue weighted by Gasteiger charge is 2.19. The summed E-state index contributed by atoms with van der Waals surface area (Å²) >= 11 is 0. The van der Waals surface area contributed by atoms with Crippen molar-refractivity contribution in [1.29, 1.82) is 0 Å². The number of sulfonamides is 1. The Kier molecular flexibility index (Phi) is 4.51. The lowest BCUT2D eigenvalue weighted by molar-refractivity contribution is 0.480. The van der Waals surface area contributed by atoms with Gasteiger partial charge in [-0.1, -0.05) is 60.7 Å². The molecular weight excluding hydrogens is 334 g/mol. The number of anilines is 1. The number of phenols is 1. The second-order valence-corrected chi connectivity index (χ2v) is 7.87. The van der Waals surface area contributed by atoms with Crippen LogP contribution in [-0.4, -0.2) is 26.8 Å². The van der Waals surface area contributed by atoms with E-state index in [4.69, 9.17) is 0 Å². The molecule has 3 aromatic rings. The van der Waals surface area contributed by atoms with Crippen LogP contribution in [0.1, 0.15) is 11.1 Å². The number of hydrogen-bond acceptors (Lipinski definition) is 3. The average Bonchev–Trinajstić information content (AvgIpc) is 2.60. The van der Waals surface area contributed by atoms with Crippen molar-refractivity contribution < 1.29 is 13.5 Å². The number of rotatable bonds is 4. The monoisotopic (exact) mass is 353 g/mol. The molecule has 3 aromatic carbocycles. The summed E-state index contributed by atoms with van der Waals surface area (Å²) in [4.78, 5) is 0. The highest BCUT2D eigenvalue weighted by atomic mass is 32.2. The second kappa shape index (κ2) is 6.61. The molecule has 0 atom stereocenters. The van der Waals surface area contributed by atoms with E-state index in [1.165, 1.54) is 11.4 Å². The molecule has 0 unspecified atom stereocenters. The van der Waals surface area contributed by atoms with Crippen LogP contribution in [0.3, 0.4) is 0 Å². The Morgan fingerprint density at radius 1 is 0.960 bits per heavy atom. The van der Waals surface area contributed by atoms with Gasteiger partial charge in [0.2, 0.25) is 10.0 Å². The highest BCUT2D eigenvalue weighted by molar-refractivity contribution is 7.92. The topological polar surface area (TPSA) is 57.6 Å². The number of fused-ring (bicyclic) bond motifs is 1. The fourth-order valence-electron chi connectivity index (χ4n) is 2.68. The summed E-state index contributed by atoms with van der Waals surface area (Å²) in [5, 5.41) is 12.2. The van der Waals surface area contributed by atoms with Gasteiger partial charge >= 0.3 is 0 Å². The maximum absolute atomic E-state index is 12.0. The van der Waals surface area contributed by atoms with Crippen molar-refractivity contribution in [3.05, 3.63) is 71.8 Å². The minimum absolute atomic E-state index is 0.0655. The summed E-state index contributed by atoms with van der Waals surface area (Å²) in [5.41, 5.74) is 1.87. The summed E-state index contributed by atoms with van der Waals surface area (Å²) in [6.07, 6.45) is 4.74. The molecule has 0 heterocycles. The van der Waals surface area contributed by atoms with Crippen molar-refractivity contribution in [3.63, 3.8) is 0 Å². The predicted octanol–water partition coefficient (Wildman–Crippen LogP) is 4.11. The number of aromatic hydroxyl groups is 1. The predicted molar refractivity (Wildman–Crippen MR) is 104 cm³/mol. The first-order valence-electron chi connectivity index (χ1n) is 7.79. The average molecular weight is 353 g/mol. The van der Waals surface area contributed by atoms with Crippen molar-refractivity contribution in [2.45, 2.75) is 0 Å². The molecule has 0 saturated carbocycles. The lowest BCUT2D eigenvalue weighted by Crippen LogP contribution is -2.25. The molecule has 0 radical (unpaired) electrons. The van der Waals surface area contributed by atoms with Gasteiger partial charge in [-0.25, -0.2) is 8.42 Å². The van der Waals surface area contributed by atoms with Crippen LogP contribution in [-0.2, 0) is 10.0 Å². The van der Waals surface area contributed by atoms with Crippen LogP contribution in [0.2, 0.25) is 0 Å². The fourth-order valence-corrected chi connectivity index (χ4v) is 3.19. The quantitative estimate of drug-likeness (QED) is 0.718. The number of nitrogens with zero attached hydrogens (tertiary/aromatic N) is 1. The highest BCUT2D eigenvalue weighted by Crippen LogP contribution is 2.38. The minimum atomic E-state index is -3.46. The van der Waals surface area contributed by atoms with Crippen molar-refractivity contribution in [3.8, 4) is 5.75 Å². The van der Waals surface area contributed by atoms with Crippen molar-refractivity contribution in [1.82, 2.24) is 0 Å². The van der Waals surface area contributed by atoms with Gasteiger partial charge in [0.1, 0.15) is 5.75 Å². The van der Waals surface area contributed by atoms with Crippen LogP contribution in [0.4, 0.5) is 5.69 Å². The normalized spacial score (nSPS) is 11.9. The molecule has 0 saturated heterocycles. The Morgan fingerprint density at radius 2 is 1.60 bits per heavy atom. The SMILES string of the molecule is CN(c1cc2ccccc2c(O)c1/C=C/c1ccccc1)S(C)(=O)=O. The molecule has 0 aliphatic carbocycles. The smallest absolute Gasteiger partial charge is 0.232 e. The molecule has 0 spiro atoms. The molecule has 5 heteroatoms. The molecule has 0 aliphatic heterocycles. The molecule has 1 N–H and O–H groups in total. The lowest BCUT2D eigenvalue weighted by atomic mass is 10.0. The molecule has 0 fully saturated rings. The Hall–Kier alpha value is -2.79. The van der Waals surface area contributed by atoms with Gasteiger partial charge in [0, 0.05) is 18.0 Å². The van der Waals surface area contributed by atoms with Gasteiger partial charge in [-0.3, -0.25) is 4.31 Å². The van der Waals surface area contributed by atoms with E-state index in [0.29, 0.717) is 16.6 Å². The van der Waals surface area contributed by atoms with E-state index in [-0.39, 0.29) is 5.75 Å². The van der Waals surface area contributed by atoms with Crippen molar-refractivity contribution >= 4 is 38.6 Å². The third-order valence-electron chi connectivity index (χ3n) is 4.12. The van der Waals surface area contributed by atoms with E-state index >= 15 is 0 Å². The van der Waals surface area contributed by atoms with E-state index in [1.807, 2.05) is 60.7 Å². The molecule has 4 nitrogen and oxygen atoms in total. The summed E-state index contributed by atoms with van der Waals surface area (Å²) in [5.74, 6) is 0.0655. The maximum Gasteiger partial charge on any atom is 0.232 e. The Bertz CT molecular complexity index is 1040. The van der Waals surface area contributed by atoms with Crippen molar-refractivity contribution in [2.75, 3.05) is 17.6 Å². The van der Waals surface area contributed by atoms with Gasteiger partial charge in [0.05, 0.1) is 11.9 Å². The molecule has 0 amide bonds. The first-order chi connectivity index (χ1) is 11.9. The fraction of sp³-hybridized carbons (Fsp3) is 0.100. The minimum Gasteiger partial charge on any atom is -0.507 e. The summed E-state index contributed by atoms with van der Waals surface area (Å²) in [6.45, 7) is 0. The molecule has 0 aromatic heterocycles. The van der Waals surface area contributed by atoms with Gasteiger partial charge < -0.3 is 5.11 Å². The molecule has 3 rings (SSSR count). The van der Waals surface area contributed by atoms with Gasteiger partial charge in [-0.2, -0.15) is 0 Å². The maximum atomic E-state index is 12.0. The van der Waals surface area contributed by atoms with Gasteiger partial charge in [0.25, 0.3) is 0 Å². The van der Waals surface area contributed by atoms with Crippen LogP contribution in [0.25, 0.3) is 22.9 Å². The van der Waals surface area contributed by atoms with Crippen LogP contribution in [0.15, 0.2) is 60.7 Å². The van der Waals surface area contributed by atoms with E-state index in [2.05, 4.69) is 0 Å². The Morgan fingerprint density at radius 3 is 2.28 bits per heavy atom. The third kappa shape index (κ3) is 3.51. The first-order valence-corrected chi connectivity index (χ1v) is 9.64. The summed E-state index contributed by atoms with van der Waals surface area (Å²) < 4.78 is 25.2. The van der Waals surface area contributed by atoms with Crippen LogP contribution in [0.5, 0.6) is 5.75 Å². The summed E-state index contributed by atoms with van der Waals surface area (Å²) in [7, 11) is -1.97. The lowest BCUT2D eigenvalue weighted by Gasteiger charge is -2.21. The van der Waals surface area contributed by atoms with E-state index in [9.17, 15) is 13.5 Å².